The average molecular weight is 403 g/mol. The molecule has 1 aromatic heterocycles. The van der Waals surface area contributed by atoms with Crippen molar-refractivity contribution in [3.05, 3.63) is 17.5 Å². The van der Waals surface area contributed by atoms with Gasteiger partial charge in [-0.2, -0.15) is 0 Å². The summed E-state index contributed by atoms with van der Waals surface area (Å²) in [5, 5.41) is 7.00. The van der Waals surface area contributed by atoms with Crippen molar-refractivity contribution in [2.45, 2.75) is 89.1 Å². The van der Waals surface area contributed by atoms with Crippen LogP contribution in [0.25, 0.3) is 0 Å². The first-order valence-electron chi connectivity index (χ1n) is 11.3. The molecule has 160 valence electrons. The van der Waals surface area contributed by atoms with Crippen molar-refractivity contribution >= 4 is 11.8 Å². The van der Waals surface area contributed by atoms with Gasteiger partial charge < -0.3 is 20.5 Å². The highest BCUT2D eigenvalue weighted by molar-refractivity contribution is 5.92. The van der Waals surface area contributed by atoms with Gasteiger partial charge in [0.25, 0.3) is 5.91 Å². The van der Waals surface area contributed by atoms with Gasteiger partial charge in [-0.05, 0) is 57.4 Å². The second-order valence-electron chi connectivity index (χ2n) is 9.46. The number of rotatable bonds is 6. The summed E-state index contributed by atoms with van der Waals surface area (Å²) >= 11 is 0. The molecule has 0 spiro atoms. The fourth-order valence-electron chi connectivity index (χ4n) is 5.07. The van der Waals surface area contributed by atoms with Crippen LogP contribution in [0, 0.1) is 5.41 Å². The van der Waals surface area contributed by atoms with Crippen LogP contribution in [-0.2, 0) is 4.79 Å². The largest absolute Gasteiger partial charge is 0.360 e. The number of nitrogens with one attached hydrogen (secondary N) is 1. The predicted octanol–water partition coefficient (Wildman–Crippen LogP) is 2.96. The number of amides is 2. The predicted molar refractivity (Wildman–Crippen MR) is 109 cm³/mol. The molecule has 0 bridgehead atoms. The van der Waals surface area contributed by atoms with Gasteiger partial charge in [-0.1, -0.05) is 24.4 Å². The lowest BCUT2D eigenvalue weighted by atomic mass is 9.71. The lowest BCUT2D eigenvalue weighted by molar-refractivity contribution is -0.137. The Kier molecular flexibility index (Phi) is 5.95. The lowest BCUT2D eigenvalue weighted by Crippen LogP contribution is -2.52. The van der Waals surface area contributed by atoms with Crippen LogP contribution >= 0.6 is 0 Å². The van der Waals surface area contributed by atoms with Gasteiger partial charge in [-0.25, -0.2) is 0 Å². The summed E-state index contributed by atoms with van der Waals surface area (Å²) in [6, 6.07) is 1.94. The van der Waals surface area contributed by atoms with Gasteiger partial charge in [0.2, 0.25) is 5.91 Å². The molecular weight excluding hydrogens is 368 g/mol. The molecule has 4 rings (SSSR count). The monoisotopic (exact) mass is 402 g/mol. The Morgan fingerprint density at radius 1 is 1.28 bits per heavy atom. The van der Waals surface area contributed by atoms with Crippen molar-refractivity contribution in [3.8, 4) is 0 Å². The molecule has 1 saturated heterocycles. The molecule has 29 heavy (non-hydrogen) atoms. The number of likely N-dealkylation sites (tertiary alicyclic amines) is 1. The van der Waals surface area contributed by atoms with E-state index in [4.69, 9.17) is 10.3 Å². The topological polar surface area (TPSA) is 101 Å². The molecule has 2 aliphatic carbocycles. The van der Waals surface area contributed by atoms with Crippen molar-refractivity contribution in [2.75, 3.05) is 13.1 Å². The Balaban J connectivity index is 1.29. The van der Waals surface area contributed by atoms with Crippen LogP contribution in [0.3, 0.4) is 0 Å². The van der Waals surface area contributed by atoms with E-state index >= 15 is 0 Å². The molecule has 2 saturated carbocycles. The molecule has 7 nitrogen and oxygen atoms in total. The van der Waals surface area contributed by atoms with Crippen molar-refractivity contribution in [1.29, 1.82) is 0 Å². The number of nitrogens with two attached hydrogens (primary N) is 1. The van der Waals surface area contributed by atoms with Gasteiger partial charge in [-0.15, -0.1) is 0 Å². The minimum absolute atomic E-state index is 0.00760. The Bertz CT molecular complexity index is 736. The molecule has 2 atom stereocenters. The van der Waals surface area contributed by atoms with E-state index in [1.165, 1.54) is 19.3 Å². The number of hydrogen-bond acceptors (Lipinski definition) is 5. The Morgan fingerprint density at radius 2 is 2.03 bits per heavy atom. The highest BCUT2D eigenvalue weighted by Gasteiger charge is 2.37. The first-order valence-corrected chi connectivity index (χ1v) is 11.3. The Labute approximate surface area is 172 Å². The Morgan fingerprint density at radius 3 is 2.69 bits per heavy atom. The fourth-order valence-corrected chi connectivity index (χ4v) is 5.07. The van der Waals surface area contributed by atoms with Crippen molar-refractivity contribution in [3.63, 3.8) is 0 Å². The summed E-state index contributed by atoms with van der Waals surface area (Å²) in [5.41, 5.74) is 6.43. The molecule has 0 radical (unpaired) electrons. The molecule has 3 aliphatic rings. The van der Waals surface area contributed by atoms with Crippen molar-refractivity contribution in [1.82, 2.24) is 15.4 Å². The minimum Gasteiger partial charge on any atom is -0.360 e. The van der Waals surface area contributed by atoms with Crippen LogP contribution in [-0.4, -0.2) is 47.0 Å². The number of hydrogen-bond donors (Lipinski definition) is 2. The van der Waals surface area contributed by atoms with Crippen LogP contribution in [0.15, 0.2) is 10.6 Å². The van der Waals surface area contributed by atoms with Gasteiger partial charge in [0.05, 0.1) is 0 Å². The third kappa shape index (κ3) is 4.65. The molecule has 3 N–H and O–H groups in total. The van der Waals surface area contributed by atoms with E-state index in [-0.39, 0.29) is 29.3 Å². The van der Waals surface area contributed by atoms with E-state index in [1.54, 1.807) is 6.07 Å². The fraction of sp³-hybridized carbons (Fsp3) is 0.773. The zero-order chi connectivity index (χ0) is 20.4. The van der Waals surface area contributed by atoms with Gasteiger partial charge in [0.1, 0.15) is 5.76 Å². The maximum absolute atomic E-state index is 13.0. The maximum Gasteiger partial charge on any atom is 0.273 e. The molecule has 2 amide bonds. The summed E-state index contributed by atoms with van der Waals surface area (Å²) in [4.78, 5) is 27.5. The smallest absolute Gasteiger partial charge is 0.273 e. The summed E-state index contributed by atoms with van der Waals surface area (Å²) in [7, 11) is 0. The Hall–Kier alpha value is -1.89. The van der Waals surface area contributed by atoms with Gasteiger partial charge in [-0.3, -0.25) is 9.59 Å². The molecule has 0 unspecified atom stereocenters. The molecule has 3 fully saturated rings. The zero-order valence-electron chi connectivity index (χ0n) is 17.5. The highest BCUT2D eigenvalue weighted by Crippen LogP contribution is 2.40. The van der Waals surface area contributed by atoms with E-state index in [0.717, 1.165) is 44.3 Å². The van der Waals surface area contributed by atoms with Gasteiger partial charge in [0.15, 0.2) is 5.69 Å². The van der Waals surface area contributed by atoms with Crippen LogP contribution in [0.5, 0.6) is 0 Å². The molecule has 7 heteroatoms. The quantitative estimate of drug-likeness (QED) is 0.762. The third-order valence-electron chi connectivity index (χ3n) is 7.15. The van der Waals surface area contributed by atoms with E-state index in [1.807, 2.05) is 4.90 Å². The average Bonchev–Trinajstić information content (AvgIpc) is 3.45. The maximum atomic E-state index is 13.0. The van der Waals surface area contributed by atoms with E-state index in [2.05, 4.69) is 17.4 Å². The first kappa shape index (κ1) is 20.4. The van der Waals surface area contributed by atoms with Crippen molar-refractivity contribution in [2.24, 2.45) is 11.1 Å². The van der Waals surface area contributed by atoms with E-state index < -0.39 is 0 Å². The summed E-state index contributed by atoms with van der Waals surface area (Å²) in [6.45, 7) is 3.35. The van der Waals surface area contributed by atoms with Crippen LogP contribution in [0.4, 0.5) is 0 Å². The molecular formula is C22H34N4O3. The zero-order valence-corrected chi connectivity index (χ0v) is 17.5. The van der Waals surface area contributed by atoms with Gasteiger partial charge >= 0.3 is 0 Å². The molecule has 1 aromatic rings. The summed E-state index contributed by atoms with van der Waals surface area (Å²) < 4.78 is 5.29. The van der Waals surface area contributed by atoms with E-state index in [9.17, 15) is 9.59 Å². The van der Waals surface area contributed by atoms with Crippen LogP contribution in [0.2, 0.25) is 0 Å². The number of carbonyl (C=O) groups is 2. The number of aromatic nitrogens is 1. The lowest BCUT2D eigenvalue weighted by Gasteiger charge is -2.41. The molecule has 0 aromatic carbocycles. The first-order chi connectivity index (χ1) is 14.0. The number of nitrogens with zero attached hydrogens (tertiary/aromatic N) is 2. The number of piperidine rings is 1. The second kappa shape index (κ2) is 8.46. The normalized spacial score (nSPS) is 26.9. The molecule has 2 heterocycles. The highest BCUT2D eigenvalue weighted by atomic mass is 16.5. The van der Waals surface area contributed by atoms with Crippen LogP contribution < -0.4 is 11.1 Å². The minimum atomic E-state index is -0.179. The number of carbonyl (C=O) groups excluding carboxylic acids is 2. The van der Waals surface area contributed by atoms with Crippen LogP contribution in [0.1, 0.15) is 93.3 Å². The second-order valence-corrected chi connectivity index (χ2v) is 9.46. The summed E-state index contributed by atoms with van der Waals surface area (Å²) in [6.07, 6.45) is 10.1. The standard InChI is InChI=1S/C22H34N4O3/c1-15-11-17(24-21(28)18-12-19(29-25-18)16-5-6-16)7-10-26(15)20(27)13-22(14-23)8-3-2-4-9-22/h12,15-17H,2-11,13-14,23H2,1H3,(H,24,28)/t15-,17+/m0/s1. The third-order valence-corrected chi connectivity index (χ3v) is 7.15. The van der Waals surface area contributed by atoms with Crippen molar-refractivity contribution < 1.29 is 14.1 Å². The van der Waals surface area contributed by atoms with E-state index in [0.29, 0.717) is 31.1 Å². The molecule has 1 aliphatic heterocycles. The SMILES string of the molecule is C[C@H]1C[C@H](NC(=O)c2cc(C3CC3)on2)CCN1C(=O)CC1(CN)CCCCC1. The summed E-state index contributed by atoms with van der Waals surface area (Å²) in [5.74, 6) is 1.31. The van der Waals surface area contributed by atoms with Gasteiger partial charge in [0, 0.05) is 37.0 Å².